The number of β-amino-alcohol motifs (C(OH)–C–C–N with tert-alkyl or cyclic N) is 1. The summed E-state index contributed by atoms with van der Waals surface area (Å²) in [6.45, 7) is 8.39. The molecule has 21 heavy (non-hydrogen) atoms. The number of phenols is 1. The summed E-state index contributed by atoms with van der Waals surface area (Å²) in [6.07, 6.45) is -0.353. The smallest absolute Gasteiger partial charge is 0.254 e. The topological polar surface area (TPSA) is 64.0 Å². The minimum atomic E-state index is -0.353. The zero-order chi connectivity index (χ0) is 15.6. The van der Waals surface area contributed by atoms with Gasteiger partial charge >= 0.3 is 0 Å². The molecule has 5 heteroatoms. The predicted octanol–water partition coefficient (Wildman–Crippen LogP) is 1.23. The van der Waals surface area contributed by atoms with E-state index in [9.17, 15) is 15.0 Å². The molecule has 1 fully saturated rings. The number of aryl methyl sites for hydroxylation is 1. The molecular weight excluding hydrogens is 268 g/mol. The number of amides is 1. The maximum absolute atomic E-state index is 12.5. The van der Waals surface area contributed by atoms with Gasteiger partial charge < -0.3 is 15.1 Å². The highest BCUT2D eigenvalue weighted by atomic mass is 16.3. The van der Waals surface area contributed by atoms with E-state index in [0.29, 0.717) is 18.7 Å². The third-order valence-electron chi connectivity index (χ3n) is 3.95. The van der Waals surface area contributed by atoms with Crippen molar-refractivity contribution in [3.8, 4) is 5.75 Å². The van der Waals surface area contributed by atoms with Crippen LogP contribution in [0.25, 0.3) is 0 Å². The lowest BCUT2D eigenvalue weighted by atomic mass is 10.1. The molecule has 1 saturated heterocycles. The van der Waals surface area contributed by atoms with Gasteiger partial charge in [0, 0.05) is 37.8 Å². The first-order valence-electron chi connectivity index (χ1n) is 7.39. The van der Waals surface area contributed by atoms with Crippen LogP contribution in [0.3, 0.4) is 0 Å². The zero-order valence-electron chi connectivity index (χ0n) is 12.9. The number of hydrogen-bond acceptors (Lipinski definition) is 4. The molecule has 5 nitrogen and oxygen atoms in total. The second-order valence-corrected chi connectivity index (χ2v) is 5.96. The SMILES string of the molecule is Cc1ccc(C(=O)N2CCN(C[C@H](C)O)C[C@H]2C)cc1O. The summed E-state index contributed by atoms with van der Waals surface area (Å²) in [5.41, 5.74) is 1.29. The first kappa shape index (κ1) is 15.8. The molecule has 116 valence electrons. The van der Waals surface area contributed by atoms with Crippen LogP contribution >= 0.6 is 0 Å². The second-order valence-electron chi connectivity index (χ2n) is 5.96. The highest BCUT2D eigenvalue weighted by Crippen LogP contribution is 2.20. The summed E-state index contributed by atoms with van der Waals surface area (Å²) in [4.78, 5) is 16.6. The van der Waals surface area contributed by atoms with Crippen molar-refractivity contribution in [2.45, 2.75) is 32.9 Å². The van der Waals surface area contributed by atoms with Crippen molar-refractivity contribution in [3.63, 3.8) is 0 Å². The van der Waals surface area contributed by atoms with E-state index in [1.807, 2.05) is 11.8 Å². The molecule has 1 aliphatic rings. The molecule has 0 bridgehead atoms. The van der Waals surface area contributed by atoms with Crippen LogP contribution in [0.5, 0.6) is 5.75 Å². The molecule has 2 rings (SSSR count). The average Bonchev–Trinajstić information content (AvgIpc) is 2.40. The maximum atomic E-state index is 12.5. The number of nitrogens with zero attached hydrogens (tertiary/aromatic N) is 2. The molecule has 1 aromatic carbocycles. The van der Waals surface area contributed by atoms with E-state index in [-0.39, 0.29) is 23.8 Å². The normalized spacial score (nSPS) is 21.3. The van der Waals surface area contributed by atoms with Gasteiger partial charge in [0.05, 0.1) is 6.10 Å². The van der Waals surface area contributed by atoms with E-state index in [1.54, 1.807) is 26.0 Å². The summed E-state index contributed by atoms with van der Waals surface area (Å²) in [6, 6.07) is 5.14. The van der Waals surface area contributed by atoms with Gasteiger partial charge in [0.1, 0.15) is 5.75 Å². The lowest BCUT2D eigenvalue weighted by molar-refractivity contribution is 0.0382. The monoisotopic (exact) mass is 292 g/mol. The Morgan fingerprint density at radius 3 is 2.71 bits per heavy atom. The lowest BCUT2D eigenvalue weighted by Crippen LogP contribution is -2.55. The summed E-state index contributed by atoms with van der Waals surface area (Å²) < 4.78 is 0. The number of aromatic hydroxyl groups is 1. The molecule has 2 N–H and O–H groups in total. The lowest BCUT2D eigenvalue weighted by Gasteiger charge is -2.40. The van der Waals surface area contributed by atoms with E-state index in [2.05, 4.69) is 4.90 Å². The number of aliphatic hydroxyl groups excluding tert-OH is 1. The van der Waals surface area contributed by atoms with Gasteiger partial charge in [-0.3, -0.25) is 9.69 Å². The van der Waals surface area contributed by atoms with Crippen LogP contribution in [0.4, 0.5) is 0 Å². The largest absolute Gasteiger partial charge is 0.508 e. The Labute approximate surface area is 125 Å². The maximum Gasteiger partial charge on any atom is 0.254 e. The zero-order valence-corrected chi connectivity index (χ0v) is 12.9. The molecular formula is C16H24N2O3. The Morgan fingerprint density at radius 1 is 1.43 bits per heavy atom. The highest BCUT2D eigenvalue weighted by molar-refractivity contribution is 5.95. The molecule has 1 aromatic rings. The second kappa shape index (κ2) is 6.45. The van der Waals surface area contributed by atoms with Gasteiger partial charge in [-0.25, -0.2) is 0 Å². The van der Waals surface area contributed by atoms with Gasteiger partial charge in [-0.15, -0.1) is 0 Å². The molecule has 1 aliphatic heterocycles. The number of phenolic OH excluding ortho intramolecular Hbond substituents is 1. The molecule has 0 radical (unpaired) electrons. The van der Waals surface area contributed by atoms with Crippen molar-refractivity contribution in [2.75, 3.05) is 26.2 Å². The van der Waals surface area contributed by atoms with E-state index in [1.165, 1.54) is 6.07 Å². The molecule has 2 atom stereocenters. The average molecular weight is 292 g/mol. The summed E-state index contributed by atoms with van der Waals surface area (Å²) in [5.74, 6) is 0.107. The Bertz CT molecular complexity index is 516. The van der Waals surface area contributed by atoms with E-state index < -0.39 is 0 Å². The van der Waals surface area contributed by atoms with E-state index in [4.69, 9.17) is 0 Å². The fourth-order valence-electron chi connectivity index (χ4n) is 2.78. The van der Waals surface area contributed by atoms with Gasteiger partial charge in [-0.2, -0.15) is 0 Å². The molecule has 1 heterocycles. The van der Waals surface area contributed by atoms with Crippen molar-refractivity contribution >= 4 is 5.91 Å². The van der Waals surface area contributed by atoms with Gasteiger partial charge in [-0.05, 0) is 38.5 Å². The van der Waals surface area contributed by atoms with Crippen molar-refractivity contribution < 1.29 is 15.0 Å². The van der Waals surface area contributed by atoms with Crippen molar-refractivity contribution in [3.05, 3.63) is 29.3 Å². The first-order chi connectivity index (χ1) is 9.88. The van der Waals surface area contributed by atoms with Crippen LogP contribution in [-0.2, 0) is 0 Å². The van der Waals surface area contributed by atoms with E-state index >= 15 is 0 Å². The Balaban J connectivity index is 2.05. The molecule has 0 spiro atoms. The molecule has 0 unspecified atom stereocenters. The molecule has 0 aromatic heterocycles. The summed E-state index contributed by atoms with van der Waals surface area (Å²) in [7, 11) is 0. The number of piperazine rings is 1. The van der Waals surface area contributed by atoms with Crippen molar-refractivity contribution in [1.82, 2.24) is 9.80 Å². The van der Waals surface area contributed by atoms with Gasteiger partial charge in [0.2, 0.25) is 0 Å². The molecule has 1 amide bonds. The van der Waals surface area contributed by atoms with E-state index in [0.717, 1.165) is 18.7 Å². The minimum absolute atomic E-state index is 0.0468. The number of hydrogen-bond donors (Lipinski definition) is 2. The number of rotatable bonds is 3. The van der Waals surface area contributed by atoms with Crippen LogP contribution in [0.2, 0.25) is 0 Å². The van der Waals surface area contributed by atoms with Gasteiger partial charge in [-0.1, -0.05) is 6.07 Å². The standard InChI is InChI=1S/C16H24N2O3/c1-11-4-5-14(8-15(11)20)16(21)18-7-6-17(9-12(18)2)10-13(3)19/h4-5,8,12-13,19-20H,6-7,9-10H2,1-3H3/t12-,13+/m1/s1. The number of carbonyl (C=O) groups excluding carboxylic acids is 1. The fraction of sp³-hybridized carbons (Fsp3) is 0.562. The number of carbonyl (C=O) groups is 1. The van der Waals surface area contributed by atoms with Crippen LogP contribution in [-0.4, -0.2) is 64.2 Å². The Hall–Kier alpha value is -1.59. The molecule has 0 aliphatic carbocycles. The third kappa shape index (κ3) is 3.74. The Morgan fingerprint density at radius 2 is 2.14 bits per heavy atom. The predicted molar refractivity (Wildman–Crippen MR) is 81.5 cm³/mol. The first-order valence-corrected chi connectivity index (χ1v) is 7.39. The molecule has 0 saturated carbocycles. The number of aliphatic hydroxyl groups is 1. The van der Waals surface area contributed by atoms with Crippen LogP contribution in [0, 0.1) is 6.92 Å². The summed E-state index contributed by atoms with van der Waals surface area (Å²) >= 11 is 0. The highest BCUT2D eigenvalue weighted by Gasteiger charge is 2.28. The third-order valence-corrected chi connectivity index (χ3v) is 3.95. The quantitative estimate of drug-likeness (QED) is 0.879. The number of benzene rings is 1. The fourth-order valence-corrected chi connectivity index (χ4v) is 2.78. The van der Waals surface area contributed by atoms with Crippen molar-refractivity contribution in [2.24, 2.45) is 0 Å². The van der Waals surface area contributed by atoms with Gasteiger partial charge in [0.25, 0.3) is 5.91 Å². The minimum Gasteiger partial charge on any atom is -0.508 e. The van der Waals surface area contributed by atoms with Crippen LogP contribution in [0.1, 0.15) is 29.8 Å². The van der Waals surface area contributed by atoms with Crippen LogP contribution in [0.15, 0.2) is 18.2 Å². The summed E-state index contributed by atoms with van der Waals surface area (Å²) in [5, 5.41) is 19.2. The van der Waals surface area contributed by atoms with Crippen LogP contribution < -0.4 is 0 Å². The van der Waals surface area contributed by atoms with Crippen molar-refractivity contribution in [1.29, 1.82) is 0 Å². The van der Waals surface area contributed by atoms with Gasteiger partial charge in [0.15, 0.2) is 0 Å². The Kier molecular flexibility index (Phi) is 4.85.